The molecule has 0 aromatic rings. The molecular formula is C54H107NO11S. The molecule has 67 heavy (non-hydrogen) atoms. The molecule has 7 atom stereocenters. The summed E-state index contributed by atoms with van der Waals surface area (Å²) in [6, 6.07) is -0.852. The molecule has 0 radical (unpaired) electrons. The Kier molecular flexibility index (Phi) is 43.1. The molecule has 7 unspecified atom stereocenters. The van der Waals surface area contributed by atoms with Crippen LogP contribution in [0.2, 0.25) is 0 Å². The lowest BCUT2D eigenvalue weighted by atomic mass is 9.99. The van der Waals surface area contributed by atoms with Gasteiger partial charge in [0.2, 0.25) is 5.91 Å². The van der Waals surface area contributed by atoms with Gasteiger partial charge in [0, 0.05) is 6.42 Å². The number of unbranched alkanes of at least 4 members (excludes halogenated alkanes) is 38. The predicted molar refractivity (Wildman–Crippen MR) is 273 cm³/mol. The maximum absolute atomic E-state index is 13.1. The van der Waals surface area contributed by atoms with Crippen LogP contribution < -0.4 is 5.32 Å². The maximum atomic E-state index is 13.1. The van der Waals surface area contributed by atoms with Gasteiger partial charge in [-0.2, -0.15) is 8.42 Å². The van der Waals surface area contributed by atoms with Crippen molar-refractivity contribution in [2.45, 2.75) is 326 Å². The van der Waals surface area contributed by atoms with Crippen LogP contribution in [0.1, 0.15) is 284 Å². The number of nitrogens with one attached hydrogen (secondary N) is 1. The predicted octanol–water partition coefficient (Wildman–Crippen LogP) is 12.9. The monoisotopic (exact) mass is 978 g/mol. The SMILES string of the molecule is CCCCCCCCCCCCCCCCCCCCCCCCCCCCCCC(=O)NC(COC1OC(CO)C(O)C(OS(=O)(=O)O)C1O)C(O)CCCCCCCCCCCCCC. The summed E-state index contributed by atoms with van der Waals surface area (Å²) in [5, 5.41) is 45.0. The number of hydrogen-bond donors (Lipinski definition) is 6. The zero-order valence-electron chi connectivity index (χ0n) is 43.2. The number of carbonyl (C=O) groups is 1. The van der Waals surface area contributed by atoms with E-state index in [1.54, 1.807) is 0 Å². The highest BCUT2D eigenvalue weighted by Gasteiger charge is 2.48. The number of rotatable bonds is 50. The summed E-state index contributed by atoms with van der Waals surface area (Å²) < 4.78 is 47.8. The third-order valence-electron chi connectivity index (χ3n) is 13.9. The van der Waals surface area contributed by atoms with Crippen LogP contribution >= 0.6 is 0 Å². The number of amides is 1. The van der Waals surface area contributed by atoms with Crippen molar-refractivity contribution in [1.29, 1.82) is 0 Å². The van der Waals surface area contributed by atoms with Crippen LogP contribution in [0.3, 0.4) is 0 Å². The molecule has 0 aromatic carbocycles. The summed E-state index contributed by atoms with van der Waals surface area (Å²) in [5.41, 5.74) is 0. The van der Waals surface area contributed by atoms with Crippen molar-refractivity contribution in [3.05, 3.63) is 0 Å². The maximum Gasteiger partial charge on any atom is 0.397 e. The first kappa shape index (κ1) is 64.1. The van der Waals surface area contributed by atoms with Crippen LogP contribution in [-0.4, -0.2) is 95.4 Å². The second-order valence-electron chi connectivity index (χ2n) is 20.2. The Morgan fingerprint density at radius 1 is 0.537 bits per heavy atom. The fourth-order valence-electron chi connectivity index (χ4n) is 9.52. The lowest BCUT2D eigenvalue weighted by molar-refractivity contribution is -0.298. The largest absolute Gasteiger partial charge is 0.397 e. The van der Waals surface area contributed by atoms with Crippen LogP contribution in [0.15, 0.2) is 0 Å². The van der Waals surface area contributed by atoms with Crippen LogP contribution in [0.5, 0.6) is 0 Å². The average molecular weight is 979 g/mol. The molecule has 12 nitrogen and oxygen atoms in total. The second kappa shape index (κ2) is 45.0. The van der Waals surface area contributed by atoms with Crippen molar-refractivity contribution in [3.8, 4) is 0 Å². The van der Waals surface area contributed by atoms with Crippen LogP contribution in [-0.2, 0) is 28.9 Å². The highest BCUT2D eigenvalue weighted by molar-refractivity contribution is 7.80. The third kappa shape index (κ3) is 37.5. The third-order valence-corrected chi connectivity index (χ3v) is 14.4. The van der Waals surface area contributed by atoms with E-state index in [-0.39, 0.29) is 12.5 Å². The lowest BCUT2D eigenvalue weighted by Gasteiger charge is -2.41. The van der Waals surface area contributed by atoms with E-state index in [0.717, 1.165) is 51.4 Å². The second-order valence-corrected chi connectivity index (χ2v) is 21.3. The molecular weight excluding hydrogens is 871 g/mol. The Bertz CT molecular complexity index is 1200. The van der Waals surface area contributed by atoms with E-state index in [2.05, 4.69) is 23.3 Å². The zero-order chi connectivity index (χ0) is 49.1. The van der Waals surface area contributed by atoms with Gasteiger partial charge in [0.15, 0.2) is 6.29 Å². The summed E-state index contributed by atoms with van der Waals surface area (Å²) >= 11 is 0. The highest BCUT2D eigenvalue weighted by atomic mass is 32.3. The summed E-state index contributed by atoms with van der Waals surface area (Å²) in [4.78, 5) is 13.1. The molecule has 0 spiro atoms. The smallest absolute Gasteiger partial charge is 0.394 e. The molecule has 1 aliphatic heterocycles. The normalized spacial score (nSPS) is 19.8. The lowest BCUT2D eigenvalue weighted by Crippen LogP contribution is -2.61. The molecule has 1 heterocycles. The highest BCUT2D eigenvalue weighted by Crippen LogP contribution is 2.26. The van der Waals surface area contributed by atoms with E-state index in [1.807, 2.05) is 0 Å². The number of ether oxygens (including phenoxy) is 2. The minimum atomic E-state index is -5.07. The average Bonchev–Trinajstić information content (AvgIpc) is 3.30. The van der Waals surface area contributed by atoms with Gasteiger partial charge in [0.25, 0.3) is 0 Å². The summed E-state index contributed by atoms with van der Waals surface area (Å²) in [7, 11) is -5.07. The van der Waals surface area contributed by atoms with Crippen LogP contribution in [0, 0.1) is 0 Å². The van der Waals surface area contributed by atoms with Crippen molar-refractivity contribution in [3.63, 3.8) is 0 Å². The molecule has 0 saturated carbocycles. The Labute approximate surface area is 411 Å². The molecule has 13 heteroatoms. The van der Waals surface area contributed by atoms with E-state index in [9.17, 15) is 38.2 Å². The number of carbonyl (C=O) groups excluding carboxylic acids is 1. The minimum Gasteiger partial charge on any atom is -0.394 e. The summed E-state index contributed by atoms with van der Waals surface area (Å²) in [6.07, 6.45) is 42.7. The first-order valence-electron chi connectivity index (χ1n) is 28.4. The Morgan fingerprint density at radius 2 is 0.866 bits per heavy atom. The molecule has 6 N–H and O–H groups in total. The standard InChI is InChI=1S/C54H107NO11S/c1-3-5-7-9-11-13-15-17-18-19-20-21-22-23-24-25-26-27-28-29-30-31-32-34-36-38-40-42-44-50(58)55-47(48(57)43-41-39-37-35-33-16-14-12-10-8-6-4-2)46-64-54-52(60)53(66-67(61,62)63)51(59)49(45-56)65-54/h47-49,51-54,56-57,59-60H,3-46H2,1-2H3,(H,55,58)(H,61,62,63). The number of aliphatic hydroxyl groups is 4. The number of hydrogen-bond acceptors (Lipinski definition) is 10. The minimum absolute atomic E-state index is 0.224. The molecule has 1 rings (SSSR count). The van der Waals surface area contributed by atoms with Crippen LogP contribution in [0.25, 0.3) is 0 Å². The first-order chi connectivity index (χ1) is 32.5. The fraction of sp³-hybridized carbons (Fsp3) is 0.981. The van der Waals surface area contributed by atoms with Crippen molar-refractivity contribution in [2.24, 2.45) is 0 Å². The molecule has 1 amide bonds. The van der Waals surface area contributed by atoms with Gasteiger partial charge in [0.1, 0.15) is 24.4 Å². The van der Waals surface area contributed by atoms with Crippen molar-refractivity contribution in [1.82, 2.24) is 5.32 Å². The number of aliphatic hydroxyl groups excluding tert-OH is 4. The van der Waals surface area contributed by atoms with E-state index in [1.165, 1.54) is 205 Å². The zero-order valence-corrected chi connectivity index (χ0v) is 44.1. The quantitative estimate of drug-likeness (QED) is 0.0251. The van der Waals surface area contributed by atoms with Gasteiger partial charge in [-0.05, 0) is 12.8 Å². The molecule has 0 aliphatic carbocycles. The van der Waals surface area contributed by atoms with Crippen LogP contribution in [0.4, 0.5) is 0 Å². The van der Waals surface area contributed by atoms with Crippen molar-refractivity contribution < 1.29 is 51.8 Å². The fourth-order valence-corrected chi connectivity index (χ4v) is 10.0. The topological polar surface area (TPSA) is 192 Å². The van der Waals surface area contributed by atoms with Gasteiger partial charge in [-0.15, -0.1) is 0 Å². The van der Waals surface area contributed by atoms with Gasteiger partial charge < -0.3 is 35.2 Å². The molecule has 1 fully saturated rings. The van der Waals surface area contributed by atoms with Gasteiger partial charge in [-0.1, -0.05) is 264 Å². The summed E-state index contributed by atoms with van der Waals surface area (Å²) in [6.45, 7) is 3.48. The molecule has 400 valence electrons. The Morgan fingerprint density at radius 3 is 1.19 bits per heavy atom. The van der Waals surface area contributed by atoms with E-state index in [0.29, 0.717) is 12.8 Å². The van der Waals surface area contributed by atoms with E-state index < -0.39 is 59.9 Å². The summed E-state index contributed by atoms with van der Waals surface area (Å²) in [5.74, 6) is -0.224. The van der Waals surface area contributed by atoms with E-state index in [4.69, 9.17) is 9.47 Å². The van der Waals surface area contributed by atoms with Crippen molar-refractivity contribution in [2.75, 3.05) is 13.2 Å². The van der Waals surface area contributed by atoms with Gasteiger partial charge >= 0.3 is 10.4 Å². The molecule has 0 aromatic heterocycles. The molecule has 1 saturated heterocycles. The van der Waals surface area contributed by atoms with E-state index >= 15 is 0 Å². The van der Waals surface area contributed by atoms with Gasteiger partial charge in [-0.25, -0.2) is 4.18 Å². The van der Waals surface area contributed by atoms with Gasteiger partial charge in [0.05, 0.1) is 25.4 Å². The molecule has 1 aliphatic rings. The van der Waals surface area contributed by atoms with Gasteiger partial charge in [-0.3, -0.25) is 9.35 Å². The van der Waals surface area contributed by atoms with Crippen molar-refractivity contribution >= 4 is 16.3 Å². The first-order valence-corrected chi connectivity index (χ1v) is 29.8. The molecule has 0 bridgehead atoms. The Hall–Kier alpha value is -0.900. The Balaban J connectivity index is 2.25.